The first-order valence-electron chi connectivity index (χ1n) is 0. The molecule has 0 atom stereocenters. The summed E-state index contributed by atoms with van der Waals surface area (Å²) in [5.41, 5.74) is 0. The molecule has 0 saturated carbocycles. The van der Waals surface area contributed by atoms with Gasteiger partial charge in [-0.15, -0.1) is 0 Å². The van der Waals surface area contributed by atoms with E-state index >= 15 is 0 Å². The van der Waals surface area contributed by atoms with E-state index in [1.54, 1.807) is 0 Å². The summed E-state index contributed by atoms with van der Waals surface area (Å²) in [6.45, 7) is 0. The van der Waals surface area contributed by atoms with Gasteiger partial charge >= 0.3 is 34.4 Å². The van der Waals surface area contributed by atoms with Crippen molar-refractivity contribution in [2.45, 2.75) is 0 Å². The first-order chi connectivity index (χ1) is 0. The Balaban J connectivity index is 0. The van der Waals surface area contributed by atoms with Crippen LogP contribution in [0.2, 0.25) is 0 Å². The maximum Gasteiger partial charge on any atom is 3.00 e. The van der Waals surface area contributed by atoms with E-state index in [0.29, 0.717) is 0 Å². The summed E-state index contributed by atoms with van der Waals surface area (Å²) in [6.07, 6.45) is 0. The molecule has 0 N–H and O–H groups in total. The van der Waals surface area contributed by atoms with Gasteiger partial charge in [0, 0.05) is 0 Å². The van der Waals surface area contributed by atoms with E-state index in [1.165, 1.54) is 0 Å². The van der Waals surface area contributed by atoms with Crippen LogP contribution in [0.15, 0.2) is 0 Å². The van der Waals surface area contributed by atoms with Crippen molar-refractivity contribution in [2.75, 3.05) is 0 Å². The Morgan fingerprint density at radius 2 is 1.00 bits per heavy atom. The van der Waals surface area contributed by atoms with E-state index in [-0.39, 0.29) is 52.3 Å². The Morgan fingerprint density at radius 1 is 1.00 bits per heavy atom. The molecule has 0 bridgehead atoms. The van der Waals surface area contributed by atoms with Crippen LogP contribution in [0.5, 0.6) is 0 Å². The fraction of sp³-hybridized carbons (Fsp3) is 0. The third-order valence-electron chi connectivity index (χ3n) is 0. The van der Waals surface area contributed by atoms with E-state index in [2.05, 4.69) is 0 Å². The second kappa shape index (κ2) is 27.7. The van der Waals surface area contributed by atoms with Crippen LogP contribution in [-0.4, -0.2) is 17.4 Å². The molecule has 0 aromatic rings. The third-order valence-corrected chi connectivity index (χ3v) is 0. The zero-order chi connectivity index (χ0) is 0. The summed E-state index contributed by atoms with van der Waals surface area (Å²) in [5.74, 6) is 0. The molecule has 0 amide bonds. The van der Waals surface area contributed by atoms with Crippen molar-refractivity contribution in [3.05, 3.63) is 0 Å². The van der Waals surface area contributed by atoms with E-state index in [4.69, 9.17) is 0 Å². The van der Waals surface area contributed by atoms with E-state index in [1.807, 2.05) is 0 Å². The van der Waals surface area contributed by atoms with Crippen molar-refractivity contribution in [3.63, 3.8) is 0 Å². The van der Waals surface area contributed by atoms with Crippen LogP contribution < -0.4 is 12.4 Å². The average Bonchev–Trinajstić information content (AvgIpc) is 0. The second-order valence-corrected chi connectivity index (χ2v) is 0. The predicted octanol–water partition coefficient (Wildman–Crippen LogP) is -3.50. The van der Waals surface area contributed by atoms with Gasteiger partial charge in [-0.1, -0.05) is 0 Å². The van der Waals surface area contributed by atoms with Gasteiger partial charge in [-0.25, -0.2) is 0 Å². The Bertz CT molecular complexity index is 8.00. The molecule has 0 aliphatic rings. The molecule has 0 saturated heterocycles. The molecular weight excluding hydrogens is 133 g/mol. The fourth-order valence-corrected chi connectivity index (χ4v) is 0. The zero-order valence-electron chi connectivity index (χ0n) is 1.74. The Morgan fingerprint density at radius 3 is 1.00 bits per heavy atom. The van der Waals surface area contributed by atoms with Crippen molar-refractivity contribution >= 4 is 17.4 Å². The van der Waals surface area contributed by atoms with Gasteiger partial charge in [0.1, 0.15) is 0 Å². The largest absolute Gasteiger partial charge is 3.00 e. The molecule has 4 heavy (non-hydrogen) atoms. The SMILES string of the molecule is [Al+3].[Cl-].[Mn+2].[O-2]. The molecule has 0 heterocycles. The second-order valence-electron chi connectivity index (χ2n) is 0. The van der Waals surface area contributed by atoms with Crippen LogP contribution in [0, 0.1) is 0 Å². The van der Waals surface area contributed by atoms with Gasteiger partial charge < -0.3 is 17.9 Å². The summed E-state index contributed by atoms with van der Waals surface area (Å²) >= 11 is 0. The topological polar surface area (TPSA) is 28.5 Å². The van der Waals surface area contributed by atoms with Gasteiger partial charge in [-0.3, -0.25) is 0 Å². The first kappa shape index (κ1) is 57.9. The van der Waals surface area contributed by atoms with Crippen molar-refractivity contribution in [1.29, 1.82) is 0 Å². The van der Waals surface area contributed by atoms with Crippen molar-refractivity contribution in [2.24, 2.45) is 0 Å². The minimum Gasteiger partial charge on any atom is -2.00 e. The van der Waals surface area contributed by atoms with Crippen molar-refractivity contribution in [3.8, 4) is 0 Å². The van der Waals surface area contributed by atoms with Crippen molar-refractivity contribution < 1.29 is 35.0 Å². The molecule has 0 aromatic carbocycles. The summed E-state index contributed by atoms with van der Waals surface area (Å²) in [4.78, 5) is 0. The summed E-state index contributed by atoms with van der Waals surface area (Å²) in [5, 5.41) is 0. The van der Waals surface area contributed by atoms with E-state index in [9.17, 15) is 0 Å². The molecule has 0 aliphatic carbocycles. The maximum atomic E-state index is 0. The molecule has 21 valence electrons. The number of hydrogen-bond donors (Lipinski definition) is 0. The fourth-order valence-electron chi connectivity index (χ4n) is 0. The molecule has 0 rings (SSSR count). The molecule has 0 spiro atoms. The summed E-state index contributed by atoms with van der Waals surface area (Å²) in [6, 6.07) is 0. The van der Waals surface area contributed by atoms with Crippen LogP contribution >= 0.6 is 0 Å². The van der Waals surface area contributed by atoms with Gasteiger partial charge in [-0.05, 0) is 0 Å². The van der Waals surface area contributed by atoms with Crippen LogP contribution in [0.1, 0.15) is 0 Å². The third kappa shape index (κ3) is 10.3. The zero-order valence-corrected chi connectivity index (χ0v) is 4.83. The van der Waals surface area contributed by atoms with Crippen molar-refractivity contribution in [1.82, 2.24) is 0 Å². The number of hydrogen-bond acceptors (Lipinski definition) is 0. The Kier molecular flexibility index (Phi) is 400. The molecule has 0 unspecified atom stereocenters. The van der Waals surface area contributed by atoms with Crippen LogP contribution in [-0.2, 0) is 22.5 Å². The average molecular weight is 133 g/mol. The van der Waals surface area contributed by atoms with Gasteiger partial charge in [-0.2, -0.15) is 0 Å². The van der Waals surface area contributed by atoms with Gasteiger partial charge in [0.05, 0.1) is 0 Å². The minimum absolute atomic E-state index is 0. The van der Waals surface area contributed by atoms with E-state index < -0.39 is 0 Å². The first-order valence-corrected chi connectivity index (χ1v) is 0. The van der Waals surface area contributed by atoms with Crippen LogP contribution in [0.3, 0.4) is 0 Å². The molecule has 0 fully saturated rings. The Labute approximate surface area is 52.5 Å². The molecular formula is AlClMnO+2. The monoisotopic (exact) mass is 133 g/mol. The number of rotatable bonds is 0. The normalized spacial score (nSPS) is 0. The Hall–Kier alpha value is 1.30. The minimum atomic E-state index is 0. The van der Waals surface area contributed by atoms with E-state index in [0.717, 1.165) is 0 Å². The smallest absolute Gasteiger partial charge is 2.00 e. The maximum absolute atomic E-state index is 0. The molecule has 4 heteroatoms. The standard InChI is InChI=1S/Al.ClH.Mn.O/h;1H;;/q+3;;+2;-2/p-1. The summed E-state index contributed by atoms with van der Waals surface area (Å²) in [7, 11) is 0. The van der Waals surface area contributed by atoms with Gasteiger partial charge in [0.25, 0.3) is 0 Å². The quantitative estimate of drug-likeness (QED) is 0.307. The predicted molar refractivity (Wildman–Crippen MR) is 6.44 cm³/mol. The van der Waals surface area contributed by atoms with Gasteiger partial charge in [0.2, 0.25) is 0 Å². The summed E-state index contributed by atoms with van der Waals surface area (Å²) < 4.78 is 0. The van der Waals surface area contributed by atoms with Gasteiger partial charge in [0.15, 0.2) is 0 Å². The molecule has 0 aliphatic heterocycles. The molecule has 1 nitrogen and oxygen atoms in total. The van der Waals surface area contributed by atoms with Crippen LogP contribution in [0.4, 0.5) is 0 Å². The molecule has 0 aromatic heterocycles. The van der Waals surface area contributed by atoms with Crippen LogP contribution in [0.25, 0.3) is 0 Å². The molecule has 1 radical (unpaired) electrons. The number of halogens is 1.